The Morgan fingerprint density at radius 3 is 2.58 bits per heavy atom. The van der Waals surface area contributed by atoms with Gasteiger partial charge in [-0.15, -0.1) is 0 Å². The van der Waals surface area contributed by atoms with Gasteiger partial charge in [0.05, 0.1) is 22.9 Å². The highest BCUT2D eigenvalue weighted by atomic mass is 19.1. The predicted octanol–water partition coefficient (Wildman–Crippen LogP) is 3.24. The average Bonchev–Trinajstić information content (AvgIpc) is 2.81. The maximum atomic E-state index is 13.2. The number of likely N-dealkylation sites (tertiary alicyclic amines) is 1. The van der Waals surface area contributed by atoms with Gasteiger partial charge in [-0.2, -0.15) is 0 Å². The second-order valence-electron chi connectivity index (χ2n) is 8.07. The molecule has 1 aliphatic heterocycles. The Labute approximate surface area is 190 Å². The molecule has 0 unspecified atom stereocenters. The summed E-state index contributed by atoms with van der Waals surface area (Å²) in [6.45, 7) is 2.27. The van der Waals surface area contributed by atoms with Crippen molar-refractivity contribution in [3.05, 3.63) is 87.6 Å². The summed E-state index contributed by atoms with van der Waals surface area (Å²) in [7, 11) is 1.61. The molecule has 170 valence electrons. The highest BCUT2D eigenvalue weighted by Gasteiger charge is 2.31. The zero-order valence-corrected chi connectivity index (χ0v) is 18.4. The summed E-state index contributed by atoms with van der Waals surface area (Å²) in [6, 6.07) is 8.07. The Bertz CT molecular complexity index is 1260. The van der Waals surface area contributed by atoms with Gasteiger partial charge in [0.25, 0.3) is 11.8 Å². The van der Waals surface area contributed by atoms with Crippen LogP contribution in [0.5, 0.6) is 0 Å². The second-order valence-corrected chi connectivity index (χ2v) is 8.07. The Morgan fingerprint density at radius 1 is 1.12 bits per heavy atom. The van der Waals surface area contributed by atoms with Gasteiger partial charge in [-0.1, -0.05) is 0 Å². The zero-order chi connectivity index (χ0) is 23.5. The van der Waals surface area contributed by atoms with Gasteiger partial charge in [0.2, 0.25) is 5.56 Å². The minimum Gasteiger partial charge on any atom is -0.328 e. The molecule has 4 rings (SSSR count). The Morgan fingerprint density at radius 2 is 1.88 bits per heavy atom. The molecular formula is C24H24FN5O3. The molecule has 0 saturated carbocycles. The predicted molar refractivity (Wildman–Crippen MR) is 120 cm³/mol. The summed E-state index contributed by atoms with van der Waals surface area (Å²) in [5.74, 6) is -0.494. The maximum Gasteiger partial charge on any atom is 0.259 e. The first-order chi connectivity index (χ1) is 15.8. The third-order valence-electron chi connectivity index (χ3n) is 5.74. The number of anilines is 1. The fourth-order valence-electron chi connectivity index (χ4n) is 3.93. The van der Waals surface area contributed by atoms with E-state index in [0.717, 1.165) is 12.8 Å². The van der Waals surface area contributed by atoms with Crippen molar-refractivity contribution in [3.8, 4) is 0 Å². The molecule has 8 nitrogen and oxygen atoms in total. The molecule has 1 fully saturated rings. The molecule has 3 aromatic rings. The monoisotopic (exact) mass is 449 g/mol. The normalized spacial score (nSPS) is 15.8. The lowest BCUT2D eigenvalue weighted by Crippen LogP contribution is -2.39. The van der Waals surface area contributed by atoms with Crippen LogP contribution in [0.3, 0.4) is 0 Å². The summed E-state index contributed by atoms with van der Waals surface area (Å²) in [5, 5.41) is 2.71. The van der Waals surface area contributed by atoms with Crippen LogP contribution in [0.15, 0.2) is 53.6 Å². The first-order valence-corrected chi connectivity index (χ1v) is 10.7. The van der Waals surface area contributed by atoms with Gasteiger partial charge in [-0.3, -0.25) is 14.4 Å². The molecule has 1 aromatic carbocycles. The molecule has 0 spiro atoms. The Kier molecular flexibility index (Phi) is 6.30. The molecule has 0 bridgehead atoms. The van der Waals surface area contributed by atoms with Crippen LogP contribution in [0, 0.1) is 12.7 Å². The van der Waals surface area contributed by atoms with Gasteiger partial charge >= 0.3 is 0 Å². The highest BCUT2D eigenvalue weighted by Crippen LogP contribution is 2.30. The van der Waals surface area contributed by atoms with Crippen LogP contribution < -0.4 is 10.9 Å². The summed E-state index contributed by atoms with van der Waals surface area (Å²) < 4.78 is 14.5. The third-order valence-corrected chi connectivity index (χ3v) is 5.74. The van der Waals surface area contributed by atoms with Gasteiger partial charge in [0.15, 0.2) is 5.82 Å². The van der Waals surface area contributed by atoms with Crippen molar-refractivity contribution in [3.63, 3.8) is 0 Å². The number of carbonyl (C=O) groups excluding carboxylic acids is 2. The average molecular weight is 449 g/mol. The number of rotatable bonds is 4. The summed E-state index contributed by atoms with van der Waals surface area (Å²) >= 11 is 0. The molecule has 1 aliphatic rings. The van der Waals surface area contributed by atoms with Crippen LogP contribution in [0.4, 0.5) is 10.1 Å². The molecule has 0 aliphatic carbocycles. The second kappa shape index (κ2) is 9.32. The summed E-state index contributed by atoms with van der Waals surface area (Å²) in [6.07, 6.45) is 5.49. The minimum absolute atomic E-state index is 0.185. The van der Waals surface area contributed by atoms with E-state index in [2.05, 4.69) is 15.3 Å². The number of benzene rings is 1. The first-order valence-electron chi connectivity index (χ1n) is 10.7. The number of halogens is 1. The van der Waals surface area contributed by atoms with Gasteiger partial charge in [-0.05, 0) is 56.5 Å². The van der Waals surface area contributed by atoms with Gasteiger partial charge in [0, 0.05) is 37.7 Å². The van der Waals surface area contributed by atoms with E-state index in [1.54, 1.807) is 18.9 Å². The fourth-order valence-corrected chi connectivity index (χ4v) is 3.93. The van der Waals surface area contributed by atoms with Crippen LogP contribution in [0.25, 0.3) is 0 Å². The quantitative estimate of drug-likeness (QED) is 0.660. The lowest BCUT2D eigenvalue weighted by Gasteiger charge is -2.35. The molecule has 33 heavy (non-hydrogen) atoms. The number of hydrogen-bond donors (Lipinski definition) is 1. The van der Waals surface area contributed by atoms with E-state index in [1.807, 2.05) is 0 Å². The van der Waals surface area contributed by atoms with Crippen molar-refractivity contribution >= 4 is 17.5 Å². The van der Waals surface area contributed by atoms with Gasteiger partial charge < -0.3 is 14.8 Å². The minimum atomic E-state index is -0.396. The number of nitrogens with zero attached hydrogens (tertiary/aromatic N) is 4. The molecule has 1 N–H and O–H groups in total. The Hall–Kier alpha value is -3.88. The van der Waals surface area contributed by atoms with E-state index >= 15 is 0 Å². The van der Waals surface area contributed by atoms with E-state index in [4.69, 9.17) is 0 Å². The fraction of sp³-hybridized carbons (Fsp3) is 0.292. The standard InChI is InChI=1S/C24H24FN5O3/c1-15-19(23(32)28-18-9-7-17(25)8-10-18)13-26-22(27-15)20-5-3-4-12-30(20)24(33)16-6-11-21(31)29(2)14-16/h6-11,13-14,20H,3-5,12H2,1-2H3,(H,28,32)/t20-/m0/s1. The van der Waals surface area contributed by atoms with E-state index < -0.39 is 5.91 Å². The molecule has 9 heteroatoms. The van der Waals surface area contributed by atoms with Gasteiger partial charge in [-0.25, -0.2) is 14.4 Å². The van der Waals surface area contributed by atoms with E-state index in [1.165, 1.54) is 53.4 Å². The Balaban J connectivity index is 1.56. The van der Waals surface area contributed by atoms with Crippen LogP contribution >= 0.6 is 0 Å². The molecule has 2 aromatic heterocycles. The van der Waals surface area contributed by atoms with Crippen LogP contribution in [0.2, 0.25) is 0 Å². The third kappa shape index (κ3) is 4.82. The number of pyridine rings is 1. The van der Waals surface area contributed by atoms with Crippen molar-refractivity contribution < 1.29 is 14.0 Å². The molecule has 2 amide bonds. The number of carbonyl (C=O) groups is 2. The van der Waals surface area contributed by atoms with Crippen molar-refractivity contribution in [1.82, 2.24) is 19.4 Å². The topological polar surface area (TPSA) is 97.2 Å². The summed E-state index contributed by atoms with van der Waals surface area (Å²) in [5.41, 5.74) is 1.49. The van der Waals surface area contributed by atoms with Crippen LogP contribution in [-0.2, 0) is 7.05 Å². The number of nitrogens with one attached hydrogen (secondary N) is 1. The SMILES string of the molecule is Cc1nc([C@@H]2CCCCN2C(=O)c2ccc(=O)n(C)c2)ncc1C(=O)Nc1ccc(F)cc1. The van der Waals surface area contributed by atoms with Crippen molar-refractivity contribution in [2.24, 2.45) is 7.05 Å². The van der Waals surface area contributed by atoms with Crippen molar-refractivity contribution in [1.29, 1.82) is 0 Å². The molecular weight excluding hydrogens is 425 g/mol. The zero-order valence-electron chi connectivity index (χ0n) is 18.4. The van der Waals surface area contributed by atoms with E-state index in [9.17, 15) is 18.8 Å². The van der Waals surface area contributed by atoms with E-state index in [0.29, 0.717) is 41.3 Å². The molecule has 0 radical (unpaired) electrons. The number of piperidine rings is 1. The van der Waals surface area contributed by atoms with Crippen molar-refractivity contribution in [2.45, 2.75) is 32.2 Å². The number of aromatic nitrogens is 3. The lowest BCUT2D eigenvalue weighted by molar-refractivity contribution is 0.0598. The number of aryl methyl sites for hydroxylation is 2. The van der Waals surface area contributed by atoms with E-state index in [-0.39, 0.29) is 23.3 Å². The van der Waals surface area contributed by atoms with Gasteiger partial charge in [0.1, 0.15) is 5.82 Å². The molecule has 1 atom stereocenters. The maximum absolute atomic E-state index is 13.2. The largest absolute Gasteiger partial charge is 0.328 e. The summed E-state index contributed by atoms with van der Waals surface area (Å²) in [4.78, 5) is 48.2. The highest BCUT2D eigenvalue weighted by molar-refractivity contribution is 6.04. The van der Waals surface area contributed by atoms with Crippen molar-refractivity contribution in [2.75, 3.05) is 11.9 Å². The first kappa shape index (κ1) is 22.3. The molecule has 1 saturated heterocycles. The lowest BCUT2D eigenvalue weighted by atomic mass is 10.00. The molecule has 3 heterocycles. The number of hydrogen-bond acceptors (Lipinski definition) is 5. The number of amides is 2. The van der Waals surface area contributed by atoms with Crippen LogP contribution in [-0.4, -0.2) is 37.8 Å². The smallest absolute Gasteiger partial charge is 0.259 e. The van der Waals surface area contributed by atoms with Crippen LogP contribution in [0.1, 0.15) is 57.5 Å².